The van der Waals surface area contributed by atoms with E-state index in [0.29, 0.717) is 25.1 Å². The summed E-state index contributed by atoms with van der Waals surface area (Å²) in [6, 6.07) is 16.8. The number of thioether (sulfide) groups is 1. The van der Waals surface area contributed by atoms with E-state index in [4.69, 9.17) is 9.47 Å². The van der Waals surface area contributed by atoms with E-state index in [9.17, 15) is 9.59 Å². The first kappa shape index (κ1) is 19.8. The molecule has 1 amide bonds. The number of para-hydroxylation sites is 1. The van der Waals surface area contributed by atoms with Gasteiger partial charge in [-0.25, -0.2) is 0 Å². The first-order valence-corrected chi connectivity index (χ1v) is 9.29. The molecule has 26 heavy (non-hydrogen) atoms. The molecule has 0 spiro atoms. The number of ether oxygens (including phenoxy) is 2. The van der Waals surface area contributed by atoms with Gasteiger partial charge in [0.2, 0.25) is 0 Å². The third-order valence-electron chi connectivity index (χ3n) is 3.59. The highest BCUT2D eigenvalue weighted by Gasteiger charge is 2.18. The van der Waals surface area contributed by atoms with Gasteiger partial charge in [0.1, 0.15) is 11.0 Å². The predicted molar refractivity (Wildman–Crippen MR) is 103 cm³/mol. The van der Waals surface area contributed by atoms with Crippen molar-refractivity contribution in [3.05, 3.63) is 60.2 Å². The number of benzene rings is 2. The Morgan fingerprint density at radius 3 is 2.50 bits per heavy atom. The van der Waals surface area contributed by atoms with E-state index in [-0.39, 0.29) is 17.1 Å². The van der Waals surface area contributed by atoms with Crippen LogP contribution in [0.25, 0.3) is 0 Å². The molecule has 0 heterocycles. The van der Waals surface area contributed by atoms with Crippen LogP contribution in [0.4, 0.5) is 0 Å². The van der Waals surface area contributed by atoms with E-state index in [1.54, 1.807) is 19.1 Å². The topological polar surface area (TPSA) is 64.6 Å². The maximum atomic E-state index is 12.4. The molecule has 0 bridgehead atoms. The summed E-state index contributed by atoms with van der Waals surface area (Å²) < 4.78 is 10.3. The summed E-state index contributed by atoms with van der Waals surface area (Å²) in [6.45, 7) is 2.80. The van der Waals surface area contributed by atoms with Crippen LogP contribution in [0.5, 0.6) is 5.75 Å². The Morgan fingerprint density at radius 2 is 1.77 bits per heavy atom. The maximum absolute atomic E-state index is 12.4. The van der Waals surface area contributed by atoms with E-state index in [1.807, 2.05) is 42.5 Å². The molecule has 0 fully saturated rings. The van der Waals surface area contributed by atoms with Crippen molar-refractivity contribution in [2.75, 3.05) is 20.3 Å². The fourth-order valence-electron chi connectivity index (χ4n) is 2.24. The van der Waals surface area contributed by atoms with Crippen LogP contribution in [0.2, 0.25) is 0 Å². The van der Waals surface area contributed by atoms with Crippen LogP contribution in [-0.4, -0.2) is 37.4 Å². The number of rotatable bonds is 9. The molecule has 2 aromatic carbocycles. The summed E-state index contributed by atoms with van der Waals surface area (Å²) in [5, 5.41) is 2.51. The molecule has 0 saturated heterocycles. The Labute approximate surface area is 158 Å². The van der Waals surface area contributed by atoms with Gasteiger partial charge in [0, 0.05) is 11.4 Å². The molecule has 0 radical (unpaired) electrons. The summed E-state index contributed by atoms with van der Waals surface area (Å²) in [5.74, 6) is 0.338. The van der Waals surface area contributed by atoms with Crippen LogP contribution in [0, 0.1) is 0 Å². The van der Waals surface area contributed by atoms with Crippen LogP contribution < -0.4 is 10.1 Å². The molecule has 138 valence electrons. The first-order valence-electron chi connectivity index (χ1n) is 8.41. The molecule has 0 aliphatic heterocycles. The molecule has 6 heteroatoms. The summed E-state index contributed by atoms with van der Waals surface area (Å²) >= 11 is 1.31. The van der Waals surface area contributed by atoms with Gasteiger partial charge < -0.3 is 14.8 Å². The van der Waals surface area contributed by atoms with E-state index in [0.717, 1.165) is 10.6 Å². The van der Waals surface area contributed by atoms with Crippen molar-refractivity contribution in [3.63, 3.8) is 0 Å². The predicted octanol–water partition coefficient (Wildman–Crippen LogP) is 3.54. The second-order valence-corrected chi connectivity index (χ2v) is 6.93. The average Bonchev–Trinajstić information content (AvgIpc) is 2.68. The number of hydrogen-bond acceptors (Lipinski definition) is 5. The van der Waals surface area contributed by atoms with E-state index in [1.165, 1.54) is 18.9 Å². The Balaban J connectivity index is 1.82. The van der Waals surface area contributed by atoms with E-state index < -0.39 is 0 Å². The third-order valence-corrected chi connectivity index (χ3v) is 4.74. The fourth-order valence-corrected chi connectivity index (χ4v) is 3.26. The summed E-state index contributed by atoms with van der Waals surface area (Å²) in [5.41, 5.74) is 0.553. The number of esters is 1. The molecule has 0 aliphatic rings. The second-order valence-electron chi connectivity index (χ2n) is 5.55. The van der Waals surface area contributed by atoms with Crippen molar-refractivity contribution in [2.45, 2.75) is 23.5 Å². The summed E-state index contributed by atoms with van der Waals surface area (Å²) in [4.78, 5) is 24.8. The minimum Gasteiger partial charge on any atom is -0.494 e. The molecule has 5 nitrogen and oxygen atoms in total. The zero-order valence-corrected chi connectivity index (χ0v) is 15.8. The summed E-state index contributed by atoms with van der Waals surface area (Å²) in [7, 11) is 1.36. The average molecular weight is 373 g/mol. The SMILES string of the molecule is COC(=O)C(C)Sc1ccccc1C(=O)NCCCOc1ccccc1. The lowest BCUT2D eigenvalue weighted by Gasteiger charge is -2.13. The highest BCUT2D eigenvalue weighted by atomic mass is 32.2. The highest BCUT2D eigenvalue weighted by molar-refractivity contribution is 8.00. The van der Waals surface area contributed by atoms with Gasteiger partial charge in [-0.3, -0.25) is 9.59 Å². The number of carbonyl (C=O) groups excluding carboxylic acids is 2. The van der Waals surface area contributed by atoms with E-state index >= 15 is 0 Å². The van der Waals surface area contributed by atoms with E-state index in [2.05, 4.69) is 5.32 Å². The maximum Gasteiger partial charge on any atom is 0.318 e. The van der Waals surface area contributed by atoms with Gasteiger partial charge in [-0.2, -0.15) is 0 Å². The van der Waals surface area contributed by atoms with Crippen LogP contribution in [0.15, 0.2) is 59.5 Å². The van der Waals surface area contributed by atoms with Gasteiger partial charge >= 0.3 is 5.97 Å². The van der Waals surface area contributed by atoms with Crippen LogP contribution in [-0.2, 0) is 9.53 Å². The minimum atomic E-state index is -0.381. The second kappa shape index (κ2) is 10.5. The van der Waals surface area contributed by atoms with Gasteiger partial charge in [-0.15, -0.1) is 11.8 Å². The van der Waals surface area contributed by atoms with Crippen LogP contribution in [0.3, 0.4) is 0 Å². The molecule has 2 rings (SSSR count). The lowest BCUT2D eigenvalue weighted by molar-refractivity contribution is -0.139. The monoisotopic (exact) mass is 373 g/mol. The number of methoxy groups -OCH3 is 1. The lowest BCUT2D eigenvalue weighted by atomic mass is 10.2. The largest absolute Gasteiger partial charge is 0.494 e. The van der Waals surface area contributed by atoms with Gasteiger partial charge in [0.05, 0.1) is 19.3 Å². The van der Waals surface area contributed by atoms with Gasteiger partial charge in [-0.1, -0.05) is 30.3 Å². The zero-order chi connectivity index (χ0) is 18.8. The number of carbonyl (C=O) groups is 2. The molecule has 2 aromatic rings. The van der Waals surface area contributed by atoms with Gasteiger partial charge in [0.25, 0.3) is 5.91 Å². The van der Waals surface area contributed by atoms with Gasteiger partial charge in [-0.05, 0) is 37.6 Å². The van der Waals surface area contributed by atoms with Crippen molar-refractivity contribution in [1.82, 2.24) is 5.32 Å². The molecule has 0 saturated carbocycles. The number of hydrogen-bond donors (Lipinski definition) is 1. The smallest absolute Gasteiger partial charge is 0.318 e. The van der Waals surface area contributed by atoms with Crippen molar-refractivity contribution < 1.29 is 19.1 Å². The highest BCUT2D eigenvalue weighted by Crippen LogP contribution is 2.27. The Bertz CT molecular complexity index is 721. The fraction of sp³-hybridized carbons (Fsp3) is 0.300. The number of amides is 1. The molecular formula is C20H23NO4S. The normalized spacial score (nSPS) is 11.5. The van der Waals surface area contributed by atoms with Crippen molar-refractivity contribution in [2.24, 2.45) is 0 Å². The first-order chi connectivity index (χ1) is 12.6. The van der Waals surface area contributed by atoms with Crippen molar-refractivity contribution >= 4 is 23.6 Å². The lowest BCUT2D eigenvalue weighted by Crippen LogP contribution is -2.26. The molecule has 0 aliphatic carbocycles. The quantitative estimate of drug-likeness (QED) is 0.414. The van der Waals surface area contributed by atoms with Crippen LogP contribution in [0.1, 0.15) is 23.7 Å². The molecule has 0 aromatic heterocycles. The zero-order valence-electron chi connectivity index (χ0n) is 14.9. The molecular weight excluding hydrogens is 350 g/mol. The molecule has 1 N–H and O–H groups in total. The van der Waals surface area contributed by atoms with Gasteiger partial charge in [0.15, 0.2) is 0 Å². The van der Waals surface area contributed by atoms with Crippen molar-refractivity contribution in [1.29, 1.82) is 0 Å². The Morgan fingerprint density at radius 1 is 1.08 bits per heavy atom. The molecule has 1 unspecified atom stereocenters. The third kappa shape index (κ3) is 6.11. The standard InChI is InChI=1S/C20H23NO4S/c1-15(20(23)24-2)26-18-12-7-6-11-17(18)19(22)21-13-8-14-25-16-9-4-3-5-10-16/h3-7,9-12,15H,8,13-14H2,1-2H3,(H,21,22). The molecule has 1 atom stereocenters. The Hall–Kier alpha value is -2.47. The Kier molecular flexibility index (Phi) is 8.02. The number of nitrogens with one attached hydrogen (secondary N) is 1. The summed E-state index contributed by atoms with van der Waals surface area (Å²) in [6.07, 6.45) is 0.703. The van der Waals surface area contributed by atoms with Crippen LogP contribution >= 0.6 is 11.8 Å². The van der Waals surface area contributed by atoms with Crippen molar-refractivity contribution in [3.8, 4) is 5.75 Å². The minimum absolute atomic E-state index is 0.162.